The predicted molar refractivity (Wildman–Crippen MR) is 61.7 cm³/mol. The second-order valence-corrected chi connectivity index (χ2v) is 3.89. The quantitative estimate of drug-likeness (QED) is 0.775. The molecule has 1 rings (SSSR count). The van der Waals surface area contributed by atoms with Crippen LogP contribution in [0.1, 0.15) is 27.0 Å². The number of hydrogen-bond acceptors (Lipinski definition) is 3. The summed E-state index contributed by atoms with van der Waals surface area (Å²) in [5.41, 5.74) is 5.36. The van der Waals surface area contributed by atoms with Gasteiger partial charge in [-0.1, -0.05) is 17.7 Å². The average molecular weight is 237 g/mol. The molecular weight excluding hydrogens is 222 g/mol. The Labute approximate surface area is 99.4 Å². The fourth-order valence-electron chi connectivity index (χ4n) is 1.75. The van der Waals surface area contributed by atoms with Crippen LogP contribution >= 0.6 is 0 Å². The molecule has 0 aliphatic carbocycles. The molecule has 0 unspecified atom stereocenters. The molecule has 0 saturated heterocycles. The van der Waals surface area contributed by atoms with E-state index in [9.17, 15) is 9.59 Å². The van der Waals surface area contributed by atoms with Crippen molar-refractivity contribution in [1.82, 2.24) is 5.48 Å². The van der Waals surface area contributed by atoms with E-state index in [1.165, 1.54) is 0 Å². The first-order valence-corrected chi connectivity index (χ1v) is 5.13. The van der Waals surface area contributed by atoms with Crippen molar-refractivity contribution in [3.05, 3.63) is 34.4 Å². The monoisotopic (exact) mass is 237 g/mol. The highest BCUT2D eigenvalue weighted by Crippen LogP contribution is 2.16. The van der Waals surface area contributed by atoms with Gasteiger partial charge in [-0.25, -0.2) is 10.3 Å². The van der Waals surface area contributed by atoms with Crippen LogP contribution in [0.3, 0.4) is 0 Å². The fourth-order valence-corrected chi connectivity index (χ4v) is 1.75. The molecule has 92 valence electrons. The number of carboxylic acid groups (broad SMARTS) is 1. The number of aliphatic carboxylic acids is 1. The molecule has 1 aromatic rings. The number of amides is 1. The zero-order chi connectivity index (χ0) is 13.0. The lowest BCUT2D eigenvalue weighted by atomic mass is 9.99. The summed E-state index contributed by atoms with van der Waals surface area (Å²) in [7, 11) is 0. The van der Waals surface area contributed by atoms with E-state index in [0.717, 1.165) is 16.7 Å². The van der Waals surface area contributed by atoms with Crippen LogP contribution in [0.5, 0.6) is 0 Å². The summed E-state index contributed by atoms with van der Waals surface area (Å²) in [6.07, 6.45) is 0. The minimum atomic E-state index is -1.14. The average Bonchev–Trinajstić information content (AvgIpc) is 2.14. The highest BCUT2D eigenvalue weighted by Gasteiger charge is 2.13. The van der Waals surface area contributed by atoms with Gasteiger partial charge in [0.15, 0.2) is 6.61 Å². The van der Waals surface area contributed by atoms with E-state index in [1.54, 1.807) is 0 Å². The van der Waals surface area contributed by atoms with Crippen molar-refractivity contribution in [2.45, 2.75) is 20.8 Å². The van der Waals surface area contributed by atoms with Crippen LogP contribution in [-0.4, -0.2) is 23.6 Å². The van der Waals surface area contributed by atoms with Crippen molar-refractivity contribution in [3.63, 3.8) is 0 Å². The lowest BCUT2D eigenvalue weighted by molar-refractivity contribution is -0.144. The Bertz CT molecular complexity index is 431. The van der Waals surface area contributed by atoms with Gasteiger partial charge in [-0.15, -0.1) is 0 Å². The molecule has 1 aromatic carbocycles. The van der Waals surface area contributed by atoms with Gasteiger partial charge in [0.1, 0.15) is 0 Å². The summed E-state index contributed by atoms with van der Waals surface area (Å²) in [6.45, 7) is 5.04. The van der Waals surface area contributed by atoms with Gasteiger partial charge in [0.2, 0.25) is 0 Å². The van der Waals surface area contributed by atoms with E-state index in [4.69, 9.17) is 5.11 Å². The summed E-state index contributed by atoms with van der Waals surface area (Å²) >= 11 is 0. The molecule has 0 aliphatic heterocycles. The summed E-state index contributed by atoms with van der Waals surface area (Å²) < 4.78 is 0. The highest BCUT2D eigenvalue weighted by molar-refractivity contribution is 5.96. The highest BCUT2D eigenvalue weighted by atomic mass is 16.7. The van der Waals surface area contributed by atoms with Crippen molar-refractivity contribution in [2.75, 3.05) is 6.61 Å². The number of aryl methyl sites for hydroxylation is 3. The molecule has 0 radical (unpaired) electrons. The van der Waals surface area contributed by atoms with Gasteiger partial charge in [0.25, 0.3) is 5.91 Å². The maximum atomic E-state index is 11.8. The Balaban J connectivity index is 2.79. The molecule has 0 atom stereocenters. The lowest BCUT2D eigenvalue weighted by Crippen LogP contribution is -2.27. The lowest BCUT2D eigenvalue weighted by Gasteiger charge is -2.10. The Morgan fingerprint density at radius 2 is 1.76 bits per heavy atom. The third-order valence-electron chi connectivity index (χ3n) is 2.26. The van der Waals surface area contributed by atoms with Crippen molar-refractivity contribution in [3.8, 4) is 0 Å². The number of carboxylic acids is 1. The normalized spacial score (nSPS) is 10.1. The second-order valence-electron chi connectivity index (χ2n) is 3.89. The van der Waals surface area contributed by atoms with Crippen LogP contribution in [0.15, 0.2) is 12.1 Å². The number of nitrogens with one attached hydrogen (secondary N) is 1. The minimum Gasteiger partial charge on any atom is -0.479 e. The van der Waals surface area contributed by atoms with E-state index in [2.05, 4.69) is 10.3 Å². The first kappa shape index (κ1) is 13.2. The molecule has 1 amide bonds. The van der Waals surface area contributed by atoms with Crippen molar-refractivity contribution in [2.24, 2.45) is 0 Å². The Morgan fingerprint density at radius 3 is 2.24 bits per heavy atom. The molecule has 0 saturated carbocycles. The zero-order valence-corrected chi connectivity index (χ0v) is 10.0. The number of carbonyl (C=O) groups is 2. The molecule has 17 heavy (non-hydrogen) atoms. The van der Waals surface area contributed by atoms with Gasteiger partial charge >= 0.3 is 5.97 Å². The third kappa shape index (κ3) is 3.57. The van der Waals surface area contributed by atoms with Gasteiger partial charge in [-0.05, 0) is 31.9 Å². The summed E-state index contributed by atoms with van der Waals surface area (Å²) in [6, 6.07) is 3.78. The van der Waals surface area contributed by atoms with Gasteiger partial charge in [0.05, 0.1) is 0 Å². The predicted octanol–water partition coefficient (Wildman–Crippen LogP) is 1.36. The van der Waals surface area contributed by atoms with Gasteiger partial charge in [0, 0.05) is 5.56 Å². The van der Waals surface area contributed by atoms with Crippen LogP contribution in [0, 0.1) is 20.8 Å². The molecular formula is C12H15NO4. The Morgan fingerprint density at radius 1 is 1.24 bits per heavy atom. The maximum absolute atomic E-state index is 11.8. The number of rotatable bonds is 4. The van der Waals surface area contributed by atoms with Gasteiger partial charge < -0.3 is 5.11 Å². The molecule has 2 N–H and O–H groups in total. The molecule has 0 fully saturated rings. The molecule has 0 spiro atoms. The van der Waals surface area contributed by atoms with E-state index >= 15 is 0 Å². The van der Waals surface area contributed by atoms with Crippen molar-refractivity contribution >= 4 is 11.9 Å². The van der Waals surface area contributed by atoms with E-state index in [-0.39, 0.29) is 0 Å². The largest absolute Gasteiger partial charge is 0.479 e. The number of carbonyl (C=O) groups excluding carboxylic acids is 1. The number of hydroxylamine groups is 1. The van der Waals surface area contributed by atoms with Crippen LogP contribution in [0.2, 0.25) is 0 Å². The standard InChI is InChI=1S/C12H15NO4/c1-7-4-8(2)11(9(3)5-7)12(16)13-17-6-10(14)15/h4-5H,6H2,1-3H3,(H,13,16)(H,14,15). The molecule has 0 bridgehead atoms. The van der Waals surface area contributed by atoms with E-state index in [1.807, 2.05) is 32.9 Å². The number of benzene rings is 1. The topological polar surface area (TPSA) is 75.6 Å². The van der Waals surface area contributed by atoms with Crippen LogP contribution in [0.25, 0.3) is 0 Å². The van der Waals surface area contributed by atoms with Gasteiger partial charge in [-0.2, -0.15) is 0 Å². The molecule has 0 heterocycles. The van der Waals surface area contributed by atoms with Crippen LogP contribution in [-0.2, 0) is 9.63 Å². The summed E-state index contributed by atoms with van der Waals surface area (Å²) in [5, 5.41) is 8.37. The van der Waals surface area contributed by atoms with Crippen LogP contribution in [0.4, 0.5) is 0 Å². The zero-order valence-electron chi connectivity index (χ0n) is 10.0. The van der Waals surface area contributed by atoms with E-state index in [0.29, 0.717) is 5.56 Å². The molecule has 5 nitrogen and oxygen atoms in total. The molecule has 0 aliphatic rings. The SMILES string of the molecule is Cc1cc(C)c(C(=O)NOCC(=O)O)c(C)c1. The van der Waals surface area contributed by atoms with Crippen LogP contribution < -0.4 is 5.48 Å². The Kier molecular flexibility index (Phi) is 4.23. The third-order valence-corrected chi connectivity index (χ3v) is 2.26. The molecule has 0 aromatic heterocycles. The maximum Gasteiger partial charge on any atom is 0.332 e. The molecule has 5 heteroatoms. The second kappa shape index (κ2) is 5.45. The first-order chi connectivity index (χ1) is 7.91. The summed E-state index contributed by atoms with van der Waals surface area (Å²) in [5.74, 6) is -1.57. The first-order valence-electron chi connectivity index (χ1n) is 5.13. The van der Waals surface area contributed by atoms with Crippen molar-refractivity contribution < 1.29 is 19.5 Å². The smallest absolute Gasteiger partial charge is 0.332 e. The Hall–Kier alpha value is -1.88. The van der Waals surface area contributed by atoms with Gasteiger partial charge in [-0.3, -0.25) is 9.63 Å². The van der Waals surface area contributed by atoms with E-state index < -0.39 is 18.5 Å². The van der Waals surface area contributed by atoms with Crippen molar-refractivity contribution in [1.29, 1.82) is 0 Å². The minimum absolute atomic E-state index is 0.429. The number of hydrogen-bond donors (Lipinski definition) is 2. The summed E-state index contributed by atoms with van der Waals surface area (Å²) in [4.78, 5) is 26.5. The fraction of sp³-hybridized carbons (Fsp3) is 0.333.